The summed E-state index contributed by atoms with van der Waals surface area (Å²) in [6, 6.07) is 0. The first-order chi connectivity index (χ1) is 8.65. The van der Waals surface area contributed by atoms with Gasteiger partial charge in [-0.25, -0.2) is 0 Å². The lowest BCUT2D eigenvalue weighted by molar-refractivity contribution is -0.121. The van der Waals surface area contributed by atoms with E-state index < -0.39 is 0 Å². The molecule has 18 heavy (non-hydrogen) atoms. The summed E-state index contributed by atoms with van der Waals surface area (Å²) in [5.74, 6) is 0.753. The van der Waals surface area contributed by atoms with Gasteiger partial charge in [-0.05, 0) is 38.9 Å². The topological polar surface area (TPSA) is 37.3 Å². The Bertz CT molecular complexity index is 237. The predicted octanol–water partition coefficient (Wildman–Crippen LogP) is 3.81. The summed E-state index contributed by atoms with van der Waals surface area (Å²) < 4.78 is 0. The van der Waals surface area contributed by atoms with Crippen LogP contribution in [0.1, 0.15) is 64.7 Å². The Labute approximate surface area is 116 Å². The Kier molecular flexibility index (Phi) is 8.00. The van der Waals surface area contributed by atoms with Gasteiger partial charge in [0.05, 0.1) is 6.10 Å². The van der Waals surface area contributed by atoms with E-state index in [1.54, 1.807) is 6.92 Å². The number of carbonyl (C=O) groups excluding carboxylic acids is 1. The number of aliphatic hydroxyl groups is 1. The maximum absolute atomic E-state index is 11.2. The van der Waals surface area contributed by atoms with Crippen LogP contribution in [0, 0.1) is 5.92 Å². The molecule has 0 spiro atoms. The van der Waals surface area contributed by atoms with Gasteiger partial charge in [0.2, 0.25) is 0 Å². The Morgan fingerprint density at radius 2 is 1.56 bits per heavy atom. The minimum atomic E-state index is 0.0359. The third kappa shape index (κ3) is 5.75. The van der Waals surface area contributed by atoms with E-state index in [1.165, 1.54) is 38.5 Å². The number of hydrogen-bond acceptors (Lipinski definition) is 3. The highest BCUT2D eigenvalue weighted by atomic mass is 32.2. The van der Waals surface area contributed by atoms with Crippen LogP contribution >= 0.6 is 11.8 Å². The van der Waals surface area contributed by atoms with Gasteiger partial charge >= 0.3 is 0 Å². The zero-order valence-electron chi connectivity index (χ0n) is 11.9. The van der Waals surface area contributed by atoms with Crippen molar-refractivity contribution in [3.63, 3.8) is 0 Å². The van der Waals surface area contributed by atoms with Crippen LogP contribution in [-0.4, -0.2) is 28.5 Å². The molecule has 1 N–H and O–H groups in total. The first-order valence-electron chi connectivity index (χ1n) is 7.36. The molecular weight excluding hydrogens is 244 g/mol. The zero-order valence-corrected chi connectivity index (χ0v) is 12.7. The molecule has 0 heterocycles. The lowest BCUT2D eigenvalue weighted by Gasteiger charge is -2.27. The van der Waals surface area contributed by atoms with Crippen LogP contribution in [0.4, 0.5) is 0 Å². The van der Waals surface area contributed by atoms with E-state index in [-0.39, 0.29) is 6.10 Å². The lowest BCUT2D eigenvalue weighted by Crippen LogP contribution is -2.27. The predicted molar refractivity (Wildman–Crippen MR) is 79.0 cm³/mol. The molecule has 0 radical (unpaired) electrons. The van der Waals surface area contributed by atoms with Gasteiger partial charge in [0.1, 0.15) is 5.78 Å². The quantitative estimate of drug-likeness (QED) is 0.830. The van der Waals surface area contributed by atoms with Crippen molar-refractivity contribution < 1.29 is 9.90 Å². The van der Waals surface area contributed by atoms with E-state index >= 15 is 0 Å². The maximum atomic E-state index is 11.2. The third-order valence-electron chi connectivity index (χ3n) is 4.10. The largest absolute Gasteiger partial charge is 0.393 e. The highest BCUT2D eigenvalue weighted by Gasteiger charge is 2.27. The molecule has 0 aromatic carbocycles. The van der Waals surface area contributed by atoms with E-state index in [1.807, 2.05) is 11.8 Å². The van der Waals surface area contributed by atoms with Crippen molar-refractivity contribution in [1.29, 1.82) is 0 Å². The van der Waals surface area contributed by atoms with Gasteiger partial charge in [-0.1, -0.05) is 32.1 Å². The minimum absolute atomic E-state index is 0.0359. The van der Waals surface area contributed by atoms with Crippen LogP contribution in [0.3, 0.4) is 0 Å². The van der Waals surface area contributed by atoms with E-state index in [0.29, 0.717) is 17.0 Å². The molecule has 106 valence electrons. The molecule has 2 saturated carbocycles. The van der Waals surface area contributed by atoms with Crippen molar-refractivity contribution in [3.05, 3.63) is 0 Å². The molecule has 2 aliphatic rings. The molecule has 0 amide bonds. The average Bonchev–Trinajstić information content (AvgIpc) is 2.40. The molecule has 0 bridgehead atoms. The second kappa shape index (κ2) is 8.98. The Hall–Kier alpha value is -0.0200. The number of carbonyl (C=O) groups is 1. The van der Waals surface area contributed by atoms with Crippen molar-refractivity contribution in [2.75, 3.05) is 6.26 Å². The van der Waals surface area contributed by atoms with Gasteiger partial charge in [-0.2, -0.15) is 11.8 Å². The molecule has 3 heteroatoms. The summed E-state index contributed by atoms with van der Waals surface area (Å²) in [6.07, 6.45) is 13.0. The summed E-state index contributed by atoms with van der Waals surface area (Å²) in [7, 11) is 0. The van der Waals surface area contributed by atoms with Gasteiger partial charge in [-0.15, -0.1) is 0 Å². The monoisotopic (exact) mass is 272 g/mol. The van der Waals surface area contributed by atoms with Crippen molar-refractivity contribution in [2.24, 2.45) is 5.92 Å². The molecule has 2 aliphatic carbocycles. The van der Waals surface area contributed by atoms with Crippen LogP contribution in [0.15, 0.2) is 0 Å². The Morgan fingerprint density at radius 3 is 1.94 bits per heavy atom. The maximum Gasteiger partial charge on any atom is 0.134 e. The summed E-state index contributed by atoms with van der Waals surface area (Å²) in [6.45, 7) is 1.74. The van der Waals surface area contributed by atoms with E-state index in [9.17, 15) is 4.79 Å². The van der Waals surface area contributed by atoms with Crippen LogP contribution in [-0.2, 0) is 4.79 Å². The Morgan fingerprint density at radius 1 is 1.00 bits per heavy atom. The summed E-state index contributed by atoms with van der Waals surface area (Å²) in [4.78, 5) is 11.2. The van der Waals surface area contributed by atoms with Gasteiger partial charge in [0, 0.05) is 11.2 Å². The van der Waals surface area contributed by atoms with Crippen LogP contribution in [0.25, 0.3) is 0 Å². The van der Waals surface area contributed by atoms with Crippen molar-refractivity contribution in [1.82, 2.24) is 0 Å². The van der Waals surface area contributed by atoms with E-state index in [4.69, 9.17) is 5.11 Å². The van der Waals surface area contributed by atoms with E-state index in [0.717, 1.165) is 19.3 Å². The second-order valence-electron chi connectivity index (χ2n) is 5.57. The summed E-state index contributed by atoms with van der Waals surface area (Å²) >= 11 is 1.86. The number of rotatable bonds is 2. The van der Waals surface area contributed by atoms with Gasteiger partial charge in [0.25, 0.3) is 0 Å². The first kappa shape index (κ1) is 16.0. The molecule has 2 nitrogen and oxygen atoms in total. The highest BCUT2D eigenvalue weighted by Crippen LogP contribution is 2.32. The summed E-state index contributed by atoms with van der Waals surface area (Å²) in [5, 5.41) is 9.52. The molecular formula is C15H28O2S. The van der Waals surface area contributed by atoms with Crippen LogP contribution in [0.2, 0.25) is 0 Å². The number of aliphatic hydroxyl groups excluding tert-OH is 1. The standard InChI is InChI=1S/C9H16OS.C6H12O/c1-7(10)8-5-3-4-6-9(8)11-2;7-6-4-2-1-3-5-6/h8-9H,3-6H2,1-2H3;6-7H,1-5H2. The molecule has 2 rings (SSSR count). The fourth-order valence-electron chi connectivity index (χ4n) is 2.93. The lowest BCUT2D eigenvalue weighted by atomic mass is 9.86. The zero-order chi connectivity index (χ0) is 13.4. The van der Waals surface area contributed by atoms with Crippen molar-refractivity contribution >= 4 is 17.5 Å². The van der Waals surface area contributed by atoms with Crippen molar-refractivity contribution in [2.45, 2.75) is 76.1 Å². The second-order valence-corrected chi connectivity index (χ2v) is 6.64. The van der Waals surface area contributed by atoms with Gasteiger partial charge in [0.15, 0.2) is 0 Å². The first-order valence-corrected chi connectivity index (χ1v) is 8.65. The number of hydrogen-bond donors (Lipinski definition) is 1. The molecule has 0 saturated heterocycles. The number of ketones is 1. The average molecular weight is 272 g/mol. The number of Topliss-reactive ketones (excluding diaryl/α,β-unsaturated/α-hetero) is 1. The van der Waals surface area contributed by atoms with Crippen LogP contribution < -0.4 is 0 Å². The highest BCUT2D eigenvalue weighted by molar-refractivity contribution is 7.99. The number of thioether (sulfide) groups is 1. The molecule has 2 atom stereocenters. The molecule has 0 aliphatic heterocycles. The van der Waals surface area contributed by atoms with Gasteiger partial charge < -0.3 is 5.11 Å². The fourth-order valence-corrected chi connectivity index (χ4v) is 3.98. The smallest absolute Gasteiger partial charge is 0.134 e. The molecule has 2 unspecified atom stereocenters. The van der Waals surface area contributed by atoms with Crippen LogP contribution in [0.5, 0.6) is 0 Å². The normalized spacial score (nSPS) is 29.3. The Balaban J connectivity index is 0.000000199. The van der Waals surface area contributed by atoms with Crippen molar-refractivity contribution in [3.8, 4) is 0 Å². The fraction of sp³-hybridized carbons (Fsp3) is 0.933. The third-order valence-corrected chi connectivity index (χ3v) is 5.27. The minimum Gasteiger partial charge on any atom is -0.393 e. The SMILES string of the molecule is CSC1CCCCC1C(C)=O.OC1CCCCC1. The molecule has 0 aromatic rings. The molecule has 2 fully saturated rings. The summed E-state index contributed by atoms with van der Waals surface area (Å²) in [5.41, 5.74) is 0. The molecule has 0 aromatic heterocycles. The van der Waals surface area contributed by atoms with E-state index in [2.05, 4.69) is 6.26 Å². The van der Waals surface area contributed by atoms with Gasteiger partial charge in [-0.3, -0.25) is 4.79 Å².